The molecule has 1 amide bonds. The third kappa shape index (κ3) is 2.82. The maximum atomic E-state index is 12.0. The van der Waals surface area contributed by atoms with Gasteiger partial charge in [-0.3, -0.25) is 4.79 Å². The van der Waals surface area contributed by atoms with Crippen molar-refractivity contribution < 1.29 is 18.7 Å². The lowest BCUT2D eigenvalue weighted by atomic mass is 10.3. The maximum absolute atomic E-state index is 12.0. The minimum absolute atomic E-state index is 0.353. The third-order valence-electron chi connectivity index (χ3n) is 2.71. The number of halogens is 2. The van der Waals surface area contributed by atoms with Crippen molar-refractivity contribution in [3.63, 3.8) is 0 Å². The third-order valence-corrected chi connectivity index (χ3v) is 2.71. The van der Waals surface area contributed by atoms with Gasteiger partial charge in [0.25, 0.3) is 12.3 Å². The molecular weight excluding hydrogens is 230 g/mol. The quantitative estimate of drug-likeness (QED) is 0.817. The lowest BCUT2D eigenvalue weighted by Crippen LogP contribution is -2.36. The first-order chi connectivity index (χ1) is 8.09. The second-order valence-corrected chi connectivity index (χ2v) is 4.14. The van der Waals surface area contributed by atoms with Gasteiger partial charge in [0.15, 0.2) is 0 Å². The van der Waals surface area contributed by atoms with Gasteiger partial charge in [-0.25, -0.2) is 8.78 Å². The molecule has 0 bridgehead atoms. The number of nitrogens with zero attached hydrogens (tertiary/aromatic N) is 1. The van der Waals surface area contributed by atoms with Gasteiger partial charge in [-0.05, 0) is 25.0 Å². The Morgan fingerprint density at radius 1 is 1.59 bits per heavy atom. The second kappa shape index (κ2) is 4.83. The monoisotopic (exact) mass is 244 g/mol. The van der Waals surface area contributed by atoms with Crippen LogP contribution in [-0.2, 0) is 0 Å². The fourth-order valence-corrected chi connectivity index (χ4v) is 1.63. The van der Waals surface area contributed by atoms with Gasteiger partial charge in [0.05, 0.1) is 0 Å². The number of carbonyl (C=O) groups is 1. The highest BCUT2D eigenvalue weighted by Gasteiger charge is 2.27. The summed E-state index contributed by atoms with van der Waals surface area (Å²) in [5.41, 5.74) is 0.453. The van der Waals surface area contributed by atoms with Crippen molar-refractivity contribution in [2.45, 2.75) is 31.4 Å². The molecule has 1 saturated carbocycles. The Morgan fingerprint density at radius 2 is 2.29 bits per heavy atom. The lowest BCUT2D eigenvalue weighted by Gasteiger charge is -2.12. The number of nitrogens with one attached hydrogen (secondary N) is 1. The molecule has 0 spiro atoms. The minimum atomic E-state index is -2.84. The van der Waals surface area contributed by atoms with Gasteiger partial charge in [0, 0.05) is 18.8 Å². The van der Waals surface area contributed by atoms with E-state index < -0.39 is 25.0 Å². The fraction of sp³-hybridized carbons (Fsp3) is 0.545. The Balaban J connectivity index is 1.93. The molecule has 1 aromatic rings. The molecule has 1 atom stereocenters. The van der Waals surface area contributed by atoms with Crippen LogP contribution in [0.3, 0.4) is 0 Å². The van der Waals surface area contributed by atoms with E-state index in [4.69, 9.17) is 5.11 Å². The maximum Gasteiger partial charge on any atom is 0.268 e. The number of amides is 1. The van der Waals surface area contributed by atoms with E-state index in [0.29, 0.717) is 11.7 Å². The number of carbonyl (C=O) groups excluding carboxylic acids is 1. The normalized spacial score (nSPS) is 17.2. The van der Waals surface area contributed by atoms with Crippen LogP contribution in [0.25, 0.3) is 0 Å². The first-order valence-corrected chi connectivity index (χ1v) is 5.51. The van der Waals surface area contributed by atoms with Crippen LogP contribution in [0.1, 0.15) is 29.4 Å². The van der Waals surface area contributed by atoms with E-state index in [1.54, 1.807) is 18.3 Å². The zero-order chi connectivity index (χ0) is 12.4. The summed E-state index contributed by atoms with van der Waals surface area (Å²) in [6, 6.07) is 3.74. The minimum Gasteiger partial charge on any atom is -0.385 e. The molecule has 2 rings (SSSR count). The van der Waals surface area contributed by atoms with Gasteiger partial charge in [-0.1, -0.05) is 0 Å². The molecule has 1 unspecified atom stereocenters. The van der Waals surface area contributed by atoms with Crippen molar-refractivity contribution in [1.82, 2.24) is 9.88 Å². The van der Waals surface area contributed by atoms with Crippen LogP contribution in [0.2, 0.25) is 0 Å². The Morgan fingerprint density at radius 3 is 2.88 bits per heavy atom. The lowest BCUT2D eigenvalue weighted by molar-refractivity contribution is -0.00274. The molecule has 1 aliphatic carbocycles. The molecular formula is C11H14F2N2O2. The molecule has 1 aliphatic rings. The van der Waals surface area contributed by atoms with Gasteiger partial charge in [-0.15, -0.1) is 0 Å². The summed E-state index contributed by atoms with van der Waals surface area (Å²) in [7, 11) is 0. The van der Waals surface area contributed by atoms with E-state index in [1.807, 2.05) is 4.57 Å². The van der Waals surface area contributed by atoms with Crippen molar-refractivity contribution in [3.8, 4) is 0 Å². The summed E-state index contributed by atoms with van der Waals surface area (Å²) in [5, 5.41) is 11.2. The van der Waals surface area contributed by atoms with Crippen LogP contribution in [0, 0.1) is 0 Å². The SMILES string of the molecule is O=C(NCC(O)C(F)F)c1cccn1C1CC1. The Bertz CT molecular complexity index is 402. The predicted octanol–water partition coefficient (Wildman–Crippen LogP) is 1.18. The highest BCUT2D eigenvalue weighted by molar-refractivity contribution is 5.92. The number of aromatic nitrogens is 1. The van der Waals surface area contributed by atoms with Crippen molar-refractivity contribution in [2.75, 3.05) is 6.54 Å². The van der Waals surface area contributed by atoms with Gasteiger partial charge >= 0.3 is 0 Å². The Kier molecular flexibility index (Phi) is 3.42. The standard InChI is InChI=1S/C11H14F2N2O2/c12-10(13)9(16)6-14-11(17)8-2-1-5-15(8)7-3-4-7/h1-2,5,7,9-10,16H,3-4,6H2,(H,14,17). The first kappa shape index (κ1) is 12.0. The largest absolute Gasteiger partial charge is 0.385 e. The summed E-state index contributed by atoms with van der Waals surface area (Å²) in [6.45, 7) is -0.438. The smallest absolute Gasteiger partial charge is 0.268 e. The van der Waals surface area contributed by atoms with Crippen molar-refractivity contribution >= 4 is 5.91 Å². The molecule has 0 aliphatic heterocycles. The average Bonchev–Trinajstić information content (AvgIpc) is 3.03. The van der Waals surface area contributed by atoms with E-state index >= 15 is 0 Å². The van der Waals surface area contributed by atoms with Gasteiger partial charge in [0.2, 0.25) is 0 Å². The molecule has 0 saturated heterocycles. The average molecular weight is 244 g/mol. The molecule has 4 nitrogen and oxygen atoms in total. The molecule has 1 fully saturated rings. The number of hydrogen-bond donors (Lipinski definition) is 2. The van der Waals surface area contributed by atoms with Crippen LogP contribution >= 0.6 is 0 Å². The number of rotatable bonds is 5. The molecule has 0 aromatic carbocycles. The first-order valence-electron chi connectivity index (χ1n) is 5.51. The second-order valence-electron chi connectivity index (χ2n) is 4.14. The van der Waals surface area contributed by atoms with Crippen LogP contribution < -0.4 is 5.32 Å². The van der Waals surface area contributed by atoms with Crippen molar-refractivity contribution in [3.05, 3.63) is 24.0 Å². The number of aliphatic hydroxyl groups is 1. The topological polar surface area (TPSA) is 54.3 Å². The van der Waals surface area contributed by atoms with Gasteiger partial charge in [-0.2, -0.15) is 0 Å². The van der Waals surface area contributed by atoms with Gasteiger partial charge < -0.3 is 15.0 Å². The fourth-order valence-electron chi connectivity index (χ4n) is 1.63. The van der Waals surface area contributed by atoms with E-state index in [9.17, 15) is 13.6 Å². The summed E-state index contributed by atoms with van der Waals surface area (Å²) in [5.74, 6) is -0.429. The summed E-state index contributed by atoms with van der Waals surface area (Å²) in [6.07, 6.45) is -0.784. The van der Waals surface area contributed by atoms with Crippen molar-refractivity contribution in [2.24, 2.45) is 0 Å². The van der Waals surface area contributed by atoms with Crippen LogP contribution in [-0.4, -0.2) is 34.7 Å². The molecule has 0 radical (unpaired) electrons. The molecule has 17 heavy (non-hydrogen) atoms. The van der Waals surface area contributed by atoms with Crippen molar-refractivity contribution in [1.29, 1.82) is 0 Å². The highest BCUT2D eigenvalue weighted by Crippen LogP contribution is 2.35. The predicted molar refractivity (Wildman–Crippen MR) is 57.0 cm³/mol. The summed E-state index contributed by atoms with van der Waals surface area (Å²) in [4.78, 5) is 11.7. The molecule has 1 heterocycles. The van der Waals surface area contributed by atoms with E-state index in [-0.39, 0.29) is 0 Å². The number of alkyl halides is 2. The van der Waals surface area contributed by atoms with E-state index in [0.717, 1.165) is 12.8 Å². The summed E-state index contributed by atoms with van der Waals surface area (Å²) < 4.78 is 25.9. The van der Waals surface area contributed by atoms with Crippen LogP contribution in [0.5, 0.6) is 0 Å². The highest BCUT2D eigenvalue weighted by atomic mass is 19.3. The molecule has 94 valence electrons. The Labute approximate surface area is 97.2 Å². The molecule has 2 N–H and O–H groups in total. The summed E-state index contributed by atoms with van der Waals surface area (Å²) >= 11 is 0. The molecule has 6 heteroatoms. The van der Waals surface area contributed by atoms with E-state index in [1.165, 1.54) is 0 Å². The number of hydrogen-bond acceptors (Lipinski definition) is 2. The van der Waals surface area contributed by atoms with Crippen LogP contribution in [0.4, 0.5) is 8.78 Å². The zero-order valence-corrected chi connectivity index (χ0v) is 9.14. The molecule has 1 aromatic heterocycles. The van der Waals surface area contributed by atoms with Gasteiger partial charge in [0.1, 0.15) is 11.8 Å². The Hall–Kier alpha value is -1.43. The zero-order valence-electron chi connectivity index (χ0n) is 9.14. The van der Waals surface area contributed by atoms with E-state index in [2.05, 4.69) is 5.32 Å². The number of aliphatic hydroxyl groups excluding tert-OH is 1. The van der Waals surface area contributed by atoms with Crippen LogP contribution in [0.15, 0.2) is 18.3 Å².